The number of carbonyl (C=O) groups excluding carboxylic acids is 1. The molecule has 0 saturated carbocycles. The molecule has 1 saturated heterocycles. The van der Waals surface area contributed by atoms with Crippen LogP contribution in [0, 0.1) is 11.8 Å². The van der Waals surface area contributed by atoms with Gasteiger partial charge in [-0.2, -0.15) is 0 Å². The molecule has 1 aliphatic carbocycles. The third-order valence-electron chi connectivity index (χ3n) is 6.75. The van der Waals surface area contributed by atoms with Crippen LogP contribution in [-0.2, 0) is 15.1 Å². The van der Waals surface area contributed by atoms with E-state index >= 15 is 0 Å². The van der Waals surface area contributed by atoms with E-state index < -0.39 is 17.3 Å². The van der Waals surface area contributed by atoms with Crippen molar-refractivity contribution in [3.63, 3.8) is 0 Å². The quantitative estimate of drug-likeness (QED) is 0.697. The maximum Gasteiger partial charge on any atom is 0.229 e. The third kappa shape index (κ3) is 2.69. The fourth-order valence-corrected chi connectivity index (χ4v) is 4.83. The Bertz CT molecular complexity index is 1000. The van der Waals surface area contributed by atoms with Crippen LogP contribution in [0.1, 0.15) is 57.1 Å². The molecule has 0 N–H and O–H groups in total. The zero-order valence-electron chi connectivity index (χ0n) is 18.2. The maximum atomic E-state index is 13.8. The molecule has 6 heteroatoms. The zero-order chi connectivity index (χ0) is 21.1. The van der Waals surface area contributed by atoms with Crippen molar-refractivity contribution in [3.8, 4) is 5.75 Å². The van der Waals surface area contributed by atoms with Gasteiger partial charge in [0.05, 0.1) is 41.5 Å². The molecule has 29 heavy (non-hydrogen) atoms. The zero-order valence-corrected chi connectivity index (χ0v) is 18.2. The van der Waals surface area contributed by atoms with E-state index in [1.165, 1.54) is 0 Å². The van der Waals surface area contributed by atoms with Gasteiger partial charge in [0.15, 0.2) is 5.78 Å². The monoisotopic (exact) mass is 399 g/mol. The summed E-state index contributed by atoms with van der Waals surface area (Å²) in [6.07, 6.45) is 3.76. The minimum absolute atomic E-state index is 0.000370. The number of pyridine rings is 1. The third-order valence-corrected chi connectivity index (χ3v) is 6.75. The summed E-state index contributed by atoms with van der Waals surface area (Å²) in [6, 6.07) is 1.78. The first-order chi connectivity index (χ1) is 13.7. The number of rotatable bonds is 4. The second-order valence-corrected chi connectivity index (χ2v) is 8.91. The normalized spacial score (nSPS) is 30.2. The number of Topliss-reactive ketones (excluding diaryl/α,β-unsaturated/α-hetero) is 1. The molecular formula is C23H29NO5. The highest BCUT2D eigenvalue weighted by molar-refractivity contribution is 6.07. The predicted octanol–water partition coefficient (Wildman–Crippen LogP) is 4.66. The van der Waals surface area contributed by atoms with Gasteiger partial charge in [0.1, 0.15) is 17.5 Å². The Kier molecular flexibility index (Phi) is 4.63. The number of furan rings is 1. The number of methoxy groups -OCH3 is 2. The van der Waals surface area contributed by atoms with Gasteiger partial charge in [-0.1, -0.05) is 18.6 Å². The van der Waals surface area contributed by atoms with Gasteiger partial charge >= 0.3 is 0 Å². The number of ketones is 1. The fourth-order valence-electron chi connectivity index (χ4n) is 4.83. The molecule has 2 aromatic rings. The number of fused-ring (bicyclic) bond motifs is 3. The summed E-state index contributed by atoms with van der Waals surface area (Å²) in [7, 11) is 3.24. The lowest BCUT2D eigenvalue weighted by Crippen LogP contribution is -2.52. The van der Waals surface area contributed by atoms with E-state index in [1.54, 1.807) is 26.5 Å². The van der Waals surface area contributed by atoms with Crippen molar-refractivity contribution in [1.82, 2.24) is 4.98 Å². The number of nitrogens with zero attached hydrogens (tertiary/aromatic N) is 1. The van der Waals surface area contributed by atoms with Gasteiger partial charge in [0.25, 0.3) is 0 Å². The topological polar surface area (TPSA) is 70.8 Å². The molecule has 2 unspecified atom stereocenters. The highest BCUT2D eigenvalue weighted by Crippen LogP contribution is 2.56. The Hall–Kier alpha value is -2.18. The smallest absolute Gasteiger partial charge is 0.229 e. The van der Waals surface area contributed by atoms with Crippen molar-refractivity contribution in [2.45, 2.75) is 58.3 Å². The number of hydrogen-bond donors (Lipinski definition) is 0. The number of ether oxygens (including phenoxy) is 3. The van der Waals surface area contributed by atoms with Crippen molar-refractivity contribution in [2.24, 2.45) is 11.8 Å². The molecule has 1 aliphatic heterocycles. The molecule has 0 bridgehead atoms. The summed E-state index contributed by atoms with van der Waals surface area (Å²) in [4.78, 5) is 18.6. The average molecular weight is 399 g/mol. The number of allylic oxidation sites excluding steroid dienone is 1. The molecule has 4 rings (SSSR count). The largest absolute Gasteiger partial charge is 0.495 e. The highest BCUT2D eigenvalue weighted by Gasteiger charge is 2.63. The average Bonchev–Trinajstić information content (AvgIpc) is 3.23. The molecule has 0 radical (unpaired) electrons. The molecule has 6 nitrogen and oxygen atoms in total. The summed E-state index contributed by atoms with van der Waals surface area (Å²) >= 11 is 0. The maximum absolute atomic E-state index is 13.8. The van der Waals surface area contributed by atoms with Crippen molar-refractivity contribution in [1.29, 1.82) is 0 Å². The number of hydrogen-bond acceptors (Lipinski definition) is 6. The van der Waals surface area contributed by atoms with Crippen molar-refractivity contribution in [3.05, 3.63) is 35.2 Å². The van der Waals surface area contributed by atoms with Gasteiger partial charge in [-0.25, -0.2) is 4.98 Å². The SMILES string of the molecule is COc1c2c(nc3occc13)[C@](CC=C(C)C)(OC)C1OC(C)(C)[C@H](C)C1C2=O. The van der Waals surface area contributed by atoms with E-state index in [4.69, 9.17) is 23.6 Å². The lowest BCUT2D eigenvalue weighted by Gasteiger charge is -2.43. The first kappa shape index (κ1) is 20.1. The van der Waals surface area contributed by atoms with E-state index in [0.717, 1.165) is 5.57 Å². The van der Waals surface area contributed by atoms with E-state index in [2.05, 4.69) is 13.0 Å². The Balaban J connectivity index is 2.07. The first-order valence-corrected chi connectivity index (χ1v) is 10.0. The lowest BCUT2D eigenvalue weighted by molar-refractivity contribution is -0.159. The van der Waals surface area contributed by atoms with Crippen LogP contribution in [0.2, 0.25) is 0 Å². The van der Waals surface area contributed by atoms with Gasteiger partial charge in [-0.3, -0.25) is 4.79 Å². The van der Waals surface area contributed by atoms with E-state index in [-0.39, 0.29) is 17.6 Å². The van der Waals surface area contributed by atoms with Crippen molar-refractivity contribution < 1.29 is 23.4 Å². The second kappa shape index (κ2) is 6.67. The minimum atomic E-state index is -0.915. The van der Waals surface area contributed by atoms with Crippen LogP contribution in [0.5, 0.6) is 5.75 Å². The molecule has 2 aromatic heterocycles. The summed E-state index contributed by atoms with van der Waals surface area (Å²) in [5.74, 6) is 0.167. The van der Waals surface area contributed by atoms with Crippen LogP contribution in [0.15, 0.2) is 28.4 Å². The predicted molar refractivity (Wildman–Crippen MR) is 109 cm³/mol. The molecule has 0 spiro atoms. The lowest BCUT2D eigenvalue weighted by atomic mass is 9.67. The molecule has 156 valence electrons. The van der Waals surface area contributed by atoms with Crippen LogP contribution < -0.4 is 4.74 Å². The summed E-state index contributed by atoms with van der Waals surface area (Å²) in [6.45, 7) is 10.2. The van der Waals surface area contributed by atoms with Gasteiger partial charge in [0.2, 0.25) is 5.71 Å². The molecule has 0 aromatic carbocycles. The fraction of sp³-hybridized carbons (Fsp3) is 0.565. The van der Waals surface area contributed by atoms with Gasteiger partial charge in [-0.15, -0.1) is 0 Å². The van der Waals surface area contributed by atoms with Crippen LogP contribution in [0.4, 0.5) is 0 Å². The Labute approximate surface area is 171 Å². The Morgan fingerprint density at radius 1 is 1.31 bits per heavy atom. The minimum Gasteiger partial charge on any atom is -0.495 e. The van der Waals surface area contributed by atoms with Crippen LogP contribution >= 0.6 is 0 Å². The van der Waals surface area contributed by atoms with Crippen LogP contribution in [-0.4, -0.2) is 36.7 Å². The standard InChI is InChI=1S/C23H29NO5/c1-12(2)8-10-23(27-7)19-16(18(26-6)14-9-11-28-21(14)24-19)17(25)15-13(3)22(4,5)29-20(15)23/h8-9,11,13,15,20H,10H2,1-7H3/t13-,15?,20?,23+/m1/s1. The van der Waals surface area contributed by atoms with Gasteiger partial charge in [0, 0.05) is 13.5 Å². The molecule has 1 fully saturated rings. The Morgan fingerprint density at radius 3 is 2.66 bits per heavy atom. The Morgan fingerprint density at radius 2 is 2.03 bits per heavy atom. The number of aromatic nitrogens is 1. The molecule has 4 atom stereocenters. The van der Waals surface area contributed by atoms with Crippen LogP contribution in [0.25, 0.3) is 11.1 Å². The highest BCUT2D eigenvalue weighted by atomic mass is 16.6. The van der Waals surface area contributed by atoms with E-state index in [1.807, 2.05) is 27.7 Å². The molecule has 0 amide bonds. The van der Waals surface area contributed by atoms with Crippen molar-refractivity contribution >= 4 is 16.9 Å². The second-order valence-electron chi connectivity index (χ2n) is 8.91. The number of carbonyl (C=O) groups is 1. The molecule has 2 aliphatic rings. The van der Waals surface area contributed by atoms with E-state index in [9.17, 15) is 4.79 Å². The van der Waals surface area contributed by atoms with Gasteiger partial charge in [-0.05, 0) is 39.7 Å². The summed E-state index contributed by atoms with van der Waals surface area (Å²) < 4.78 is 24.0. The molecule has 3 heterocycles. The van der Waals surface area contributed by atoms with Gasteiger partial charge < -0.3 is 18.6 Å². The first-order valence-electron chi connectivity index (χ1n) is 10.0. The van der Waals surface area contributed by atoms with Crippen molar-refractivity contribution in [2.75, 3.05) is 14.2 Å². The van der Waals surface area contributed by atoms with Crippen LogP contribution in [0.3, 0.4) is 0 Å². The summed E-state index contributed by atoms with van der Waals surface area (Å²) in [5.41, 5.74) is 1.23. The molecular weight excluding hydrogens is 370 g/mol. The van der Waals surface area contributed by atoms with E-state index in [0.29, 0.717) is 34.5 Å². The summed E-state index contributed by atoms with van der Waals surface area (Å²) in [5, 5.41) is 0.691.